The van der Waals surface area contributed by atoms with E-state index in [1.165, 1.54) is 0 Å². The van der Waals surface area contributed by atoms with Crippen molar-refractivity contribution < 1.29 is 8.42 Å². The zero-order valence-electron chi connectivity index (χ0n) is 12.1. The van der Waals surface area contributed by atoms with Gasteiger partial charge in [-0.3, -0.25) is 4.98 Å². The Morgan fingerprint density at radius 3 is 2.76 bits per heavy atom. The number of pyridine rings is 1. The molecule has 0 saturated carbocycles. The van der Waals surface area contributed by atoms with Gasteiger partial charge in [0.05, 0.1) is 10.4 Å². The third-order valence-corrected chi connectivity index (χ3v) is 5.29. The van der Waals surface area contributed by atoms with E-state index in [2.05, 4.69) is 9.71 Å². The van der Waals surface area contributed by atoms with Crippen LogP contribution in [0.1, 0.15) is 25.3 Å². The van der Waals surface area contributed by atoms with Gasteiger partial charge in [-0.1, -0.05) is 13.0 Å². The van der Waals surface area contributed by atoms with Crippen molar-refractivity contribution >= 4 is 32.5 Å². The van der Waals surface area contributed by atoms with Crippen LogP contribution in [0, 0.1) is 6.92 Å². The number of rotatable bonds is 6. The number of alkyl halides is 1. The number of hydrogen-bond donors (Lipinski definition) is 1. The maximum atomic E-state index is 12.6. The van der Waals surface area contributed by atoms with E-state index in [-0.39, 0.29) is 10.9 Å². The number of nitrogens with zero attached hydrogens (tertiary/aromatic N) is 1. The fourth-order valence-electron chi connectivity index (χ4n) is 2.28. The molecule has 114 valence electrons. The number of aromatic nitrogens is 1. The Hall–Kier alpha value is -1.17. The smallest absolute Gasteiger partial charge is 0.241 e. The molecule has 4 nitrogen and oxygen atoms in total. The molecule has 0 bridgehead atoms. The summed E-state index contributed by atoms with van der Waals surface area (Å²) >= 11 is 5.72. The van der Waals surface area contributed by atoms with Gasteiger partial charge >= 0.3 is 0 Å². The number of benzene rings is 1. The molecule has 1 aromatic heterocycles. The van der Waals surface area contributed by atoms with Crippen molar-refractivity contribution in [3.8, 4) is 0 Å². The normalized spacial score (nSPS) is 13.5. The third-order valence-electron chi connectivity index (χ3n) is 3.49. The number of aryl methyl sites for hydroxylation is 1. The molecule has 0 aliphatic carbocycles. The van der Waals surface area contributed by atoms with Crippen molar-refractivity contribution in [3.05, 3.63) is 36.0 Å². The van der Waals surface area contributed by atoms with E-state index in [1.807, 2.05) is 13.8 Å². The summed E-state index contributed by atoms with van der Waals surface area (Å²) in [6, 6.07) is 6.80. The minimum Gasteiger partial charge on any atom is -0.256 e. The molecule has 1 unspecified atom stereocenters. The second-order valence-electron chi connectivity index (χ2n) is 4.98. The van der Waals surface area contributed by atoms with Gasteiger partial charge in [-0.2, -0.15) is 0 Å². The Morgan fingerprint density at radius 1 is 1.33 bits per heavy atom. The fraction of sp³-hybridized carbons (Fsp3) is 0.400. The predicted octanol–water partition coefficient (Wildman–Crippen LogP) is 3.23. The first-order valence-electron chi connectivity index (χ1n) is 6.92. The highest BCUT2D eigenvalue weighted by atomic mass is 35.5. The molecule has 1 heterocycles. The number of halogens is 1. The zero-order valence-corrected chi connectivity index (χ0v) is 13.7. The Bertz CT molecular complexity index is 732. The standard InChI is InChI=1S/C15H19ClN2O2S/c1-3-12(8-9-16)18-21(19,20)14-7-6-11(2)15-13(14)5-4-10-17-15/h4-7,10,12,18H,3,8-9H2,1-2H3. The van der Waals surface area contributed by atoms with Crippen molar-refractivity contribution in [2.75, 3.05) is 5.88 Å². The number of sulfonamides is 1. The molecule has 0 spiro atoms. The maximum absolute atomic E-state index is 12.6. The van der Waals surface area contributed by atoms with Crippen molar-refractivity contribution in [2.24, 2.45) is 0 Å². The quantitative estimate of drug-likeness (QED) is 0.829. The SMILES string of the molecule is CCC(CCCl)NS(=O)(=O)c1ccc(C)c2ncccc12. The summed E-state index contributed by atoms with van der Waals surface area (Å²) in [6.07, 6.45) is 2.98. The van der Waals surface area contributed by atoms with Crippen molar-refractivity contribution in [1.82, 2.24) is 9.71 Å². The van der Waals surface area contributed by atoms with Gasteiger partial charge in [0.1, 0.15) is 0 Å². The van der Waals surface area contributed by atoms with Crippen LogP contribution in [0.5, 0.6) is 0 Å². The average Bonchev–Trinajstić information content (AvgIpc) is 2.47. The molecule has 0 fully saturated rings. The van der Waals surface area contributed by atoms with Crippen molar-refractivity contribution in [2.45, 2.75) is 37.6 Å². The molecule has 2 aromatic rings. The van der Waals surface area contributed by atoms with Gasteiger partial charge < -0.3 is 0 Å². The van der Waals surface area contributed by atoms with Crippen LogP contribution >= 0.6 is 11.6 Å². The topological polar surface area (TPSA) is 59.1 Å². The van der Waals surface area contributed by atoms with Gasteiger partial charge in [0.15, 0.2) is 0 Å². The van der Waals surface area contributed by atoms with Gasteiger partial charge in [-0.15, -0.1) is 11.6 Å². The molecular weight excluding hydrogens is 308 g/mol. The number of nitrogens with one attached hydrogen (secondary N) is 1. The van der Waals surface area contributed by atoms with Crippen LogP contribution in [0.25, 0.3) is 10.9 Å². The molecule has 1 aromatic carbocycles. The van der Waals surface area contributed by atoms with Crippen molar-refractivity contribution in [1.29, 1.82) is 0 Å². The largest absolute Gasteiger partial charge is 0.256 e. The molecule has 0 aliphatic heterocycles. The van der Waals surface area contributed by atoms with E-state index in [9.17, 15) is 8.42 Å². The van der Waals surface area contributed by atoms with Gasteiger partial charge in [0.25, 0.3) is 0 Å². The zero-order chi connectivity index (χ0) is 15.5. The van der Waals surface area contributed by atoms with Crippen LogP contribution in [0.3, 0.4) is 0 Å². The van der Waals surface area contributed by atoms with Crippen molar-refractivity contribution in [3.63, 3.8) is 0 Å². The summed E-state index contributed by atoms with van der Waals surface area (Å²) in [5.74, 6) is 0.428. The van der Waals surface area contributed by atoms with E-state index >= 15 is 0 Å². The summed E-state index contributed by atoms with van der Waals surface area (Å²) in [5.41, 5.74) is 1.67. The minimum atomic E-state index is -3.59. The van der Waals surface area contributed by atoms with Gasteiger partial charge in [-0.05, 0) is 43.5 Å². The molecule has 6 heteroatoms. The molecule has 0 radical (unpaired) electrons. The fourth-order valence-corrected chi connectivity index (χ4v) is 4.10. The first-order chi connectivity index (χ1) is 9.99. The van der Waals surface area contributed by atoms with Gasteiger partial charge in [-0.25, -0.2) is 13.1 Å². The second-order valence-corrected chi connectivity index (χ2v) is 7.04. The molecule has 21 heavy (non-hydrogen) atoms. The van der Waals surface area contributed by atoms with Crippen LogP contribution in [-0.4, -0.2) is 25.3 Å². The second kappa shape index (κ2) is 6.73. The van der Waals surface area contributed by atoms with E-state index < -0.39 is 10.0 Å². The van der Waals surface area contributed by atoms with Crippen LogP contribution < -0.4 is 4.72 Å². The number of fused-ring (bicyclic) bond motifs is 1. The number of hydrogen-bond acceptors (Lipinski definition) is 3. The Morgan fingerprint density at radius 2 is 2.10 bits per heavy atom. The van der Waals surface area contributed by atoms with Gasteiger partial charge in [0.2, 0.25) is 10.0 Å². The lowest BCUT2D eigenvalue weighted by Crippen LogP contribution is -2.34. The molecular formula is C15H19ClN2O2S. The highest BCUT2D eigenvalue weighted by molar-refractivity contribution is 7.89. The van der Waals surface area contributed by atoms with Crippen LogP contribution in [0.2, 0.25) is 0 Å². The molecule has 2 rings (SSSR count). The van der Waals surface area contributed by atoms with Crippen LogP contribution in [-0.2, 0) is 10.0 Å². The summed E-state index contributed by atoms with van der Waals surface area (Å²) < 4.78 is 28.0. The molecule has 0 saturated heterocycles. The lowest BCUT2D eigenvalue weighted by Gasteiger charge is -2.17. The molecule has 1 atom stereocenters. The van der Waals surface area contributed by atoms with E-state index in [0.717, 1.165) is 5.56 Å². The predicted molar refractivity (Wildman–Crippen MR) is 86.2 cm³/mol. The highest BCUT2D eigenvalue weighted by Crippen LogP contribution is 2.24. The van der Waals surface area contributed by atoms with Gasteiger partial charge in [0, 0.05) is 23.5 Å². The average molecular weight is 327 g/mol. The van der Waals surface area contributed by atoms with E-state index in [1.54, 1.807) is 30.5 Å². The first kappa shape index (κ1) is 16.2. The maximum Gasteiger partial charge on any atom is 0.241 e. The Balaban J connectivity index is 2.48. The summed E-state index contributed by atoms with van der Waals surface area (Å²) in [5, 5.41) is 0.644. The van der Waals surface area contributed by atoms with Crippen LogP contribution in [0.15, 0.2) is 35.4 Å². The monoisotopic (exact) mass is 326 g/mol. The first-order valence-corrected chi connectivity index (χ1v) is 8.94. The third kappa shape index (κ3) is 3.54. The van der Waals surface area contributed by atoms with E-state index in [4.69, 9.17) is 11.6 Å². The van der Waals surface area contributed by atoms with Crippen LogP contribution in [0.4, 0.5) is 0 Å². The summed E-state index contributed by atoms with van der Waals surface area (Å²) in [4.78, 5) is 4.55. The molecule has 0 amide bonds. The lowest BCUT2D eigenvalue weighted by atomic mass is 10.1. The summed E-state index contributed by atoms with van der Waals surface area (Å²) in [6.45, 7) is 3.86. The summed E-state index contributed by atoms with van der Waals surface area (Å²) in [7, 11) is -3.59. The highest BCUT2D eigenvalue weighted by Gasteiger charge is 2.21. The Labute approximate surface area is 130 Å². The molecule has 1 N–H and O–H groups in total. The van der Waals surface area contributed by atoms with E-state index in [0.29, 0.717) is 29.6 Å². The Kier molecular flexibility index (Phi) is 5.19. The molecule has 0 aliphatic rings. The lowest BCUT2D eigenvalue weighted by molar-refractivity contribution is 0.532. The minimum absolute atomic E-state index is 0.152.